The van der Waals surface area contributed by atoms with Crippen LogP contribution in [0.2, 0.25) is 5.02 Å². The highest BCUT2D eigenvalue weighted by atomic mass is 35.5. The topological polar surface area (TPSA) is 44.8 Å². The summed E-state index contributed by atoms with van der Waals surface area (Å²) in [5.74, 6) is -1.13. The highest BCUT2D eigenvalue weighted by molar-refractivity contribution is 7.97. The Bertz CT molecular complexity index is 899. The fraction of sp³-hybridized carbons (Fsp3) is 0.200. The standard InChI is InChI=1S/C15H11ClF2N4S/c16-11-3-13(18)14(4-12(11)17)23-22-2-1-9-8(7-22)5-19-15-10(9)6-20-21-15/h3-6H,1-2,7H2,(H,19,20,21). The van der Waals surface area contributed by atoms with Crippen molar-refractivity contribution in [2.45, 2.75) is 17.9 Å². The molecule has 0 radical (unpaired) electrons. The average molecular weight is 353 g/mol. The van der Waals surface area contributed by atoms with Crippen molar-refractivity contribution in [2.75, 3.05) is 6.54 Å². The van der Waals surface area contributed by atoms with E-state index in [1.54, 1.807) is 12.4 Å². The lowest BCUT2D eigenvalue weighted by molar-refractivity contribution is 0.443. The van der Waals surface area contributed by atoms with Crippen LogP contribution in [0.5, 0.6) is 0 Å². The second kappa shape index (κ2) is 5.74. The molecule has 0 amide bonds. The molecular weight excluding hydrogens is 342 g/mol. The zero-order valence-corrected chi connectivity index (χ0v) is 13.4. The number of H-pyrrole nitrogens is 1. The van der Waals surface area contributed by atoms with Crippen LogP contribution in [0, 0.1) is 11.6 Å². The third-order valence-corrected chi connectivity index (χ3v) is 5.21. The number of aromatic amines is 1. The number of hydrogen-bond acceptors (Lipinski definition) is 4. The summed E-state index contributed by atoms with van der Waals surface area (Å²) in [7, 11) is 0. The van der Waals surface area contributed by atoms with Crippen molar-refractivity contribution in [3.8, 4) is 0 Å². The van der Waals surface area contributed by atoms with Gasteiger partial charge in [-0.2, -0.15) is 5.10 Å². The van der Waals surface area contributed by atoms with E-state index in [1.807, 2.05) is 4.31 Å². The third kappa shape index (κ3) is 2.69. The summed E-state index contributed by atoms with van der Waals surface area (Å²) in [6, 6.07) is 2.14. The number of halogens is 3. The van der Waals surface area contributed by atoms with E-state index in [9.17, 15) is 8.78 Å². The van der Waals surface area contributed by atoms with Crippen LogP contribution in [0.25, 0.3) is 11.0 Å². The van der Waals surface area contributed by atoms with Crippen molar-refractivity contribution in [1.82, 2.24) is 19.5 Å². The molecular formula is C15H11ClF2N4S. The number of benzene rings is 1. The van der Waals surface area contributed by atoms with Crippen molar-refractivity contribution in [2.24, 2.45) is 0 Å². The van der Waals surface area contributed by atoms with Crippen LogP contribution in [0.4, 0.5) is 8.78 Å². The lowest BCUT2D eigenvalue weighted by atomic mass is 10.0. The molecule has 0 saturated carbocycles. The van der Waals surface area contributed by atoms with Crippen molar-refractivity contribution in [3.63, 3.8) is 0 Å². The van der Waals surface area contributed by atoms with Crippen LogP contribution < -0.4 is 0 Å². The van der Waals surface area contributed by atoms with Gasteiger partial charge in [-0.15, -0.1) is 0 Å². The molecule has 1 aromatic carbocycles. The molecule has 0 spiro atoms. The molecule has 4 nitrogen and oxygen atoms in total. The second-order valence-corrected chi connectivity index (χ2v) is 6.84. The zero-order valence-electron chi connectivity index (χ0n) is 11.8. The maximum absolute atomic E-state index is 13.9. The summed E-state index contributed by atoms with van der Waals surface area (Å²) in [4.78, 5) is 4.56. The molecule has 1 N–H and O–H groups in total. The molecule has 1 aliphatic rings. The minimum Gasteiger partial charge on any atom is -0.261 e. The lowest BCUT2D eigenvalue weighted by Crippen LogP contribution is -2.25. The molecule has 0 atom stereocenters. The number of fused-ring (bicyclic) bond motifs is 3. The number of hydrogen-bond donors (Lipinski definition) is 1. The molecule has 23 heavy (non-hydrogen) atoms. The monoisotopic (exact) mass is 352 g/mol. The molecule has 2 aromatic heterocycles. The molecule has 0 fully saturated rings. The first kappa shape index (κ1) is 14.9. The number of nitrogens with one attached hydrogen (secondary N) is 1. The Hall–Kier alpha value is -1.70. The van der Waals surface area contributed by atoms with Gasteiger partial charge in [-0.1, -0.05) is 11.6 Å². The highest BCUT2D eigenvalue weighted by Gasteiger charge is 2.22. The summed E-state index contributed by atoms with van der Waals surface area (Å²) in [5, 5.41) is 7.69. The number of nitrogens with zero attached hydrogens (tertiary/aromatic N) is 3. The summed E-state index contributed by atoms with van der Waals surface area (Å²) >= 11 is 6.78. The van der Waals surface area contributed by atoms with Gasteiger partial charge in [0.2, 0.25) is 0 Å². The van der Waals surface area contributed by atoms with Gasteiger partial charge in [0.1, 0.15) is 11.6 Å². The normalized spacial score (nSPS) is 15.1. The van der Waals surface area contributed by atoms with Crippen molar-refractivity contribution >= 4 is 34.6 Å². The van der Waals surface area contributed by atoms with Gasteiger partial charge in [0.25, 0.3) is 0 Å². The molecule has 0 aliphatic carbocycles. The van der Waals surface area contributed by atoms with E-state index in [2.05, 4.69) is 15.2 Å². The first-order chi connectivity index (χ1) is 11.1. The van der Waals surface area contributed by atoms with Crippen LogP contribution in [0.1, 0.15) is 11.1 Å². The predicted molar refractivity (Wildman–Crippen MR) is 85.2 cm³/mol. The predicted octanol–water partition coefficient (Wildman–Crippen LogP) is 3.95. The maximum Gasteiger partial charge on any atom is 0.155 e. The number of rotatable bonds is 2. The van der Waals surface area contributed by atoms with Crippen molar-refractivity contribution in [3.05, 3.63) is 52.3 Å². The van der Waals surface area contributed by atoms with Crippen molar-refractivity contribution < 1.29 is 8.78 Å². The van der Waals surface area contributed by atoms with Crippen molar-refractivity contribution in [1.29, 1.82) is 0 Å². The Morgan fingerprint density at radius 1 is 1.22 bits per heavy atom. The maximum atomic E-state index is 13.9. The molecule has 0 unspecified atom stereocenters. The summed E-state index contributed by atoms with van der Waals surface area (Å²) in [6.45, 7) is 1.34. The van der Waals surface area contributed by atoms with Gasteiger partial charge >= 0.3 is 0 Å². The second-order valence-electron chi connectivity index (χ2n) is 5.30. The van der Waals surface area contributed by atoms with Gasteiger partial charge in [0, 0.05) is 24.7 Å². The van der Waals surface area contributed by atoms with Gasteiger partial charge in [-0.25, -0.2) is 18.1 Å². The Morgan fingerprint density at radius 3 is 2.96 bits per heavy atom. The molecule has 4 rings (SSSR count). The van der Waals surface area contributed by atoms with Gasteiger partial charge in [-0.3, -0.25) is 5.10 Å². The number of pyridine rings is 1. The Labute approximate surface area is 140 Å². The van der Waals surface area contributed by atoms with Crippen LogP contribution in [0.15, 0.2) is 29.4 Å². The Balaban J connectivity index is 1.60. The van der Waals surface area contributed by atoms with E-state index in [-0.39, 0.29) is 9.92 Å². The lowest BCUT2D eigenvalue weighted by Gasteiger charge is -2.27. The van der Waals surface area contributed by atoms with Crippen LogP contribution in [-0.4, -0.2) is 26.0 Å². The van der Waals surface area contributed by atoms with Gasteiger partial charge < -0.3 is 0 Å². The average Bonchev–Trinajstić information content (AvgIpc) is 3.01. The van der Waals surface area contributed by atoms with E-state index >= 15 is 0 Å². The highest BCUT2D eigenvalue weighted by Crippen LogP contribution is 2.34. The quantitative estimate of drug-likeness (QED) is 0.560. The molecule has 0 saturated heterocycles. The summed E-state index contributed by atoms with van der Waals surface area (Å²) in [5.41, 5.74) is 3.06. The Kier molecular flexibility index (Phi) is 3.71. The molecule has 1 aliphatic heterocycles. The van der Waals surface area contributed by atoms with E-state index in [0.717, 1.165) is 41.7 Å². The smallest absolute Gasteiger partial charge is 0.155 e. The third-order valence-electron chi connectivity index (χ3n) is 3.84. The first-order valence-electron chi connectivity index (χ1n) is 6.99. The molecule has 8 heteroatoms. The Morgan fingerprint density at radius 2 is 2.09 bits per heavy atom. The van der Waals surface area contributed by atoms with Gasteiger partial charge in [0.05, 0.1) is 16.1 Å². The minimum atomic E-state index is -0.616. The summed E-state index contributed by atoms with van der Waals surface area (Å²) < 4.78 is 29.5. The van der Waals surface area contributed by atoms with Gasteiger partial charge in [0.15, 0.2) is 5.65 Å². The van der Waals surface area contributed by atoms with E-state index in [0.29, 0.717) is 6.54 Å². The fourth-order valence-corrected chi connectivity index (χ4v) is 3.84. The van der Waals surface area contributed by atoms with Crippen LogP contribution in [-0.2, 0) is 13.0 Å². The number of aromatic nitrogens is 3. The molecule has 3 heterocycles. The molecule has 0 bridgehead atoms. The van der Waals surface area contributed by atoms with E-state index in [4.69, 9.17) is 11.6 Å². The van der Waals surface area contributed by atoms with E-state index < -0.39 is 11.6 Å². The molecule has 118 valence electrons. The largest absolute Gasteiger partial charge is 0.261 e. The first-order valence-corrected chi connectivity index (χ1v) is 8.14. The minimum absolute atomic E-state index is 0.206. The van der Waals surface area contributed by atoms with E-state index in [1.165, 1.54) is 17.5 Å². The SMILES string of the molecule is Fc1cc(SN2CCc3c(cnc4[nH]ncc34)C2)c(F)cc1Cl. The summed E-state index contributed by atoms with van der Waals surface area (Å²) in [6.07, 6.45) is 4.39. The molecule has 3 aromatic rings. The fourth-order valence-electron chi connectivity index (χ4n) is 2.72. The van der Waals surface area contributed by atoms with Gasteiger partial charge in [-0.05, 0) is 41.6 Å². The van der Waals surface area contributed by atoms with Crippen LogP contribution in [0.3, 0.4) is 0 Å². The zero-order chi connectivity index (χ0) is 16.0. The van der Waals surface area contributed by atoms with Crippen LogP contribution >= 0.6 is 23.5 Å².